The van der Waals surface area contributed by atoms with Gasteiger partial charge in [-0.15, -0.1) is 0 Å². The summed E-state index contributed by atoms with van der Waals surface area (Å²) >= 11 is 15.2. The lowest BCUT2D eigenvalue weighted by atomic mass is 10.2. The lowest BCUT2D eigenvalue weighted by Gasteiger charge is -2.21. The van der Waals surface area contributed by atoms with E-state index in [9.17, 15) is 13.2 Å². The Morgan fingerprint density at radius 3 is 2.34 bits per heavy atom. The van der Waals surface area contributed by atoms with E-state index in [0.717, 1.165) is 14.3 Å². The summed E-state index contributed by atoms with van der Waals surface area (Å²) in [5.74, 6) is -0.585. The minimum Gasteiger partial charge on any atom is -0.272 e. The van der Waals surface area contributed by atoms with E-state index >= 15 is 0 Å². The molecule has 0 heterocycles. The van der Waals surface area contributed by atoms with Crippen LogP contribution in [0, 0.1) is 0 Å². The Bertz CT molecular complexity index is 1220. The first-order valence-electron chi connectivity index (χ1n) is 9.32. The first kappa shape index (κ1) is 24.4. The lowest BCUT2D eigenvalue weighted by molar-refractivity contribution is -0.121. The Labute approximate surface area is 205 Å². The third-order valence-corrected chi connectivity index (χ3v) is 7.12. The highest BCUT2D eigenvalue weighted by Gasteiger charge is 2.27. The fraction of sp³-hybridized carbons (Fsp3) is 0.0909. The second-order valence-corrected chi connectivity index (χ2v) is 10.4. The number of nitrogens with one attached hydrogen (secondary N) is 1. The molecule has 0 bridgehead atoms. The smallest absolute Gasteiger partial charge is 0.255 e. The van der Waals surface area contributed by atoms with Crippen molar-refractivity contribution < 1.29 is 13.2 Å². The molecule has 0 fully saturated rings. The first-order chi connectivity index (χ1) is 15.2. The van der Waals surface area contributed by atoms with Crippen LogP contribution in [0.2, 0.25) is 10.0 Å². The molecule has 3 rings (SSSR count). The van der Waals surface area contributed by atoms with Crippen LogP contribution in [0.5, 0.6) is 0 Å². The molecule has 0 aliphatic heterocycles. The fourth-order valence-corrected chi connectivity index (χ4v) is 4.71. The molecule has 0 unspecified atom stereocenters. The number of sulfonamides is 1. The average molecular weight is 555 g/mol. The van der Waals surface area contributed by atoms with Gasteiger partial charge in [0.15, 0.2) is 0 Å². The number of hydrogen-bond donors (Lipinski definition) is 1. The summed E-state index contributed by atoms with van der Waals surface area (Å²) in [5.41, 5.74) is 3.78. The molecule has 0 radical (unpaired) electrons. The van der Waals surface area contributed by atoms with Crippen molar-refractivity contribution in [2.45, 2.75) is 11.4 Å². The fourth-order valence-electron chi connectivity index (χ4n) is 2.74. The maximum Gasteiger partial charge on any atom is 0.255 e. The number of nitrogens with zero attached hydrogens (tertiary/aromatic N) is 2. The number of carbonyl (C=O) groups excluding carboxylic acids is 1. The Morgan fingerprint density at radius 1 is 1.00 bits per heavy atom. The summed E-state index contributed by atoms with van der Waals surface area (Å²) in [6, 6.07) is 19.9. The van der Waals surface area contributed by atoms with Gasteiger partial charge >= 0.3 is 0 Å². The monoisotopic (exact) mass is 553 g/mol. The topological polar surface area (TPSA) is 78.8 Å². The molecule has 0 atom stereocenters. The number of hydrogen-bond acceptors (Lipinski definition) is 4. The molecule has 166 valence electrons. The number of benzene rings is 3. The number of amides is 1. The van der Waals surface area contributed by atoms with Gasteiger partial charge in [0.25, 0.3) is 5.91 Å². The zero-order valence-electron chi connectivity index (χ0n) is 16.6. The van der Waals surface area contributed by atoms with Crippen molar-refractivity contribution in [2.75, 3.05) is 6.54 Å². The molecule has 0 saturated heterocycles. The molecule has 0 aliphatic rings. The van der Waals surface area contributed by atoms with E-state index < -0.39 is 22.5 Å². The van der Waals surface area contributed by atoms with Gasteiger partial charge in [-0.25, -0.2) is 13.8 Å². The van der Waals surface area contributed by atoms with E-state index in [0.29, 0.717) is 15.6 Å². The second kappa shape index (κ2) is 11.1. The van der Waals surface area contributed by atoms with Crippen molar-refractivity contribution >= 4 is 61.3 Å². The molecular formula is C22H18BrCl2N3O3S. The highest BCUT2D eigenvalue weighted by atomic mass is 79.9. The molecular weight excluding hydrogens is 537 g/mol. The van der Waals surface area contributed by atoms with Crippen LogP contribution in [0.1, 0.15) is 11.1 Å². The van der Waals surface area contributed by atoms with Gasteiger partial charge < -0.3 is 0 Å². The van der Waals surface area contributed by atoms with Crippen LogP contribution in [0.4, 0.5) is 0 Å². The first-order valence-corrected chi connectivity index (χ1v) is 12.3. The maximum absolute atomic E-state index is 13.2. The van der Waals surface area contributed by atoms with Crippen molar-refractivity contribution in [1.29, 1.82) is 0 Å². The Morgan fingerprint density at radius 2 is 1.69 bits per heavy atom. The summed E-state index contributed by atoms with van der Waals surface area (Å²) in [6.07, 6.45) is 1.43. The van der Waals surface area contributed by atoms with Crippen LogP contribution in [-0.4, -0.2) is 31.4 Å². The van der Waals surface area contributed by atoms with E-state index in [1.165, 1.54) is 30.5 Å². The van der Waals surface area contributed by atoms with Gasteiger partial charge in [0.05, 0.1) is 17.7 Å². The zero-order valence-corrected chi connectivity index (χ0v) is 20.5. The highest BCUT2D eigenvalue weighted by Crippen LogP contribution is 2.21. The van der Waals surface area contributed by atoms with Crippen LogP contribution in [-0.2, 0) is 21.4 Å². The van der Waals surface area contributed by atoms with Crippen LogP contribution in [0.25, 0.3) is 0 Å². The highest BCUT2D eigenvalue weighted by molar-refractivity contribution is 9.10. The molecule has 3 aromatic carbocycles. The van der Waals surface area contributed by atoms with Crippen LogP contribution >= 0.6 is 39.1 Å². The van der Waals surface area contributed by atoms with E-state index in [2.05, 4.69) is 26.5 Å². The van der Waals surface area contributed by atoms with Gasteiger partial charge in [0.1, 0.15) is 0 Å². The van der Waals surface area contributed by atoms with E-state index in [1.54, 1.807) is 48.5 Å². The molecule has 3 aromatic rings. The maximum atomic E-state index is 13.2. The minimum atomic E-state index is -3.97. The molecule has 32 heavy (non-hydrogen) atoms. The number of hydrazone groups is 1. The zero-order chi connectivity index (χ0) is 23.1. The predicted molar refractivity (Wildman–Crippen MR) is 130 cm³/mol. The lowest BCUT2D eigenvalue weighted by Crippen LogP contribution is -2.39. The Hall–Kier alpha value is -2.23. The van der Waals surface area contributed by atoms with Gasteiger partial charge in [-0.05, 0) is 59.7 Å². The average Bonchev–Trinajstić information content (AvgIpc) is 2.75. The summed E-state index contributed by atoms with van der Waals surface area (Å²) in [6.45, 7) is -0.419. The van der Waals surface area contributed by atoms with Crippen molar-refractivity contribution in [2.24, 2.45) is 5.10 Å². The molecule has 1 N–H and O–H groups in total. The van der Waals surface area contributed by atoms with Crippen molar-refractivity contribution in [3.63, 3.8) is 0 Å². The third-order valence-electron chi connectivity index (χ3n) is 4.30. The molecule has 0 saturated carbocycles. The Balaban J connectivity index is 1.79. The van der Waals surface area contributed by atoms with Crippen LogP contribution < -0.4 is 5.43 Å². The summed E-state index contributed by atoms with van der Waals surface area (Å²) < 4.78 is 28.4. The van der Waals surface area contributed by atoms with E-state index in [-0.39, 0.29) is 11.4 Å². The summed E-state index contributed by atoms with van der Waals surface area (Å²) in [4.78, 5) is 12.5. The van der Waals surface area contributed by atoms with Crippen molar-refractivity contribution in [1.82, 2.24) is 9.73 Å². The van der Waals surface area contributed by atoms with Crippen molar-refractivity contribution in [3.8, 4) is 0 Å². The van der Waals surface area contributed by atoms with Crippen LogP contribution in [0.3, 0.4) is 0 Å². The summed E-state index contributed by atoms with van der Waals surface area (Å²) in [5, 5.41) is 4.84. The number of rotatable bonds is 8. The molecule has 10 heteroatoms. The summed E-state index contributed by atoms with van der Waals surface area (Å²) in [7, 11) is -3.97. The number of halogens is 3. The van der Waals surface area contributed by atoms with Gasteiger partial charge in [-0.1, -0.05) is 63.4 Å². The van der Waals surface area contributed by atoms with E-state index in [1.807, 2.05) is 0 Å². The molecule has 0 aliphatic carbocycles. The van der Waals surface area contributed by atoms with Crippen LogP contribution in [0.15, 0.2) is 87.3 Å². The SMILES string of the molecule is O=C(CN(Cc1ccc(Br)cc1)S(=O)(=O)c1ccc(Cl)cc1)N/N=C\c1cccc(Cl)c1. The standard InChI is InChI=1S/C22H18BrCl2N3O3S/c23-18-6-4-16(5-7-18)14-28(32(30,31)21-10-8-19(24)9-11-21)15-22(29)27-26-13-17-2-1-3-20(25)12-17/h1-13H,14-15H2,(H,27,29)/b26-13-. The molecule has 0 spiro atoms. The minimum absolute atomic E-state index is 0.00364. The molecule has 0 aromatic heterocycles. The molecule has 1 amide bonds. The predicted octanol–water partition coefficient (Wildman–Crippen LogP) is 5.10. The second-order valence-electron chi connectivity index (χ2n) is 6.70. The van der Waals surface area contributed by atoms with Crippen molar-refractivity contribution in [3.05, 3.63) is 98.4 Å². The van der Waals surface area contributed by atoms with Gasteiger partial charge in [0.2, 0.25) is 10.0 Å². The van der Waals surface area contributed by atoms with Gasteiger partial charge in [-0.2, -0.15) is 9.41 Å². The third kappa shape index (κ3) is 6.88. The normalized spacial score (nSPS) is 11.8. The quantitative estimate of drug-likeness (QED) is 0.311. The van der Waals surface area contributed by atoms with Gasteiger partial charge in [0, 0.05) is 21.1 Å². The Kier molecular flexibility index (Phi) is 8.44. The molecule has 6 nitrogen and oxygen atoms in total. The number of carbonyl (C=O) groups is 1. The van der Waals surface area contributed by atoms with Gasteiger partial charge in [-0.3, -0.25) is 4.79 Å². The van der Waals surface area contributed by atoms with E-state index in [4.69, 9.17) is 23.2 Å². The largest absolute Gasteiger partial charge is 0.272 e.